The number of methoxy groups -OCH3 is 3. The molecule has 0 spiro atoms. The molecule has 0 radical (unpaired) electrons. The fourth-order valence-electron chi connectivity index (χ4n) is 4.44. The van der Waals surface area contributed by atoms with E-state index >= 15 is 0 Å². The van der Waals surface area contributed by atoms with Crippen molar-refractivity contribution in [2.45, 2.75) is 19.6 Å². The van der Waals surface area contributed by atoms with Crippen LogP contribution in [0.15, 0.2) is 66.7 Å². The fraction of sp³-hybridized carbons (Fsp3) is 0.367. The topological polar surface area (TPSA) is 72.5 Å². The van der Waals surface area contributed by atoms with Gasteiger partial charge in [-0.1, -0.05) is 42.0 Å². The Kier molecular flexibility index (Phi) is 9.46. The van der Waals surface area contributed by atoms with Crippen molar-refractivity contribution in [3.8, 4) is 17.2 Å². The minimum Gasteiger partial charge on any atom is -0.497 e. The number of carbonyl (C=O) groups excluding carboxylic acids is 1. The molecule has 0 unspecified atom stereocenters. The number of carbonyl (C=O) groups is 1. The molecule has 8 nitrogen and oxygen atoms in total. The van der Waals surface area contributed by atoms with Gasteiger partial charge in [0.25, 0.3) is 0 Å². The molecule has 2 amide bonds. The first-order valence-corrected chi connectivity index (χ1v) is 12.8. The Labute approximate surface area is 225 Å². The summed E-state index contributed by atoms with van der Waals surface area (Å²) in [6.07, 6.45) is -0.129. The minimum atomic E-state index is -0.145. The van der Waals surface area contributed by atoms with Crippen molar-refractivity contribution in [1.82, 2.24) is 9.80 Å². The van der Waals surface area contributed by atoms with Gasteiger partial charge >= 0.3 is 6.03 Å². The maximum absolute atomic E-state index is 13.0. The van der Waals surface area contributed by atoms with Gasteiger partial charge in [-0.25, -0.2) is 4.79 Å². The zero-order valence-corrected chi connectivity index (χ0v) is 22.6. The number of benzene rings is 3. The number of urea groups is 1. The van der Waals surface area contributed by atoms with E-state index in [4.69, 9.17) is 18.9 Å². The van der Waals surface area contributed by atoms with Crippen molar-refractivity contribution in [3.63, 3.8) is 0 Å². The Morgan fingerprint density at radius 2 is 1.58 bits per heavy atom. The molecular formula is C30H37N3O5. The van der Waals surface area contributed by atoms with E-state index in [-0.39, 0.29) is 12.1 Å². The Bertz CT molecular complexity index is 1190. The number of piperazine rings is 1. The van der Waals surface area contributed by atoms with Crippen LogP contribution >= 0.6 is 0 Å². The van der Waals surface area contributed by atoms with Crippen molar-refractivity contribution < 1.29 is 23.7 Å². The number of anilines is 1. The summed E-state index contributed by atoms with van der Waals surface area (Å²) in [5.74, 6) is 2.04. The highest BCUT2D eigenvalue weighted by molar-refractivity contribution is 5.91. The van der Waals surface area contributed by atoms with Gasteiger partial charge in [0.2, 0.25) is 0 Å². The van der Waals surface area contributed by atoms with Crippen LogP contribution in [0.2, 0.25) is 0 Å². The Morgan fingerprint density at radius 3 is 2.26 bits per heavy atom. The number of aryl methyl sites for hydroxylation is 1. The van der Waals surface area contributed by atoms with Gasteiger partial charge in [0, 0.05) is 38.8 Å². The summed E-state index contributed by atoms with van der Waals surface area (Å²) in [5, 5.41) is 2.97. The van der Waals surface area contributed by atoms with Crippen LogP contribution < -0.4 is 19.5 Å². The third-order valence-electron chi connectivity index (χ3n) is 6.77. The van der Waals surface area contributed by atoms with Crippen LogP contribution in [-0.4, -0.2) is 69.9 Å². The third kappa shape index (κ3) is 7.18. The van der Waals surface area contributed by atoms with Crippen molar-refractivity contribution >= 4 is 11.7 Å². The molecular weight excluding hydrogens is 482 g/mol. The van der Waals surface area contributed by atoms with E-state index in [1.165, 1.54) is 5.56 Å². The standard InChI is InChI=1S/C30H37N3O5/c1-22-8-10-23(11-9-22)21-38-29(24-6-5-7-25(18-24)35-2)20-32-14-16-33(17-15-32)30(34)31-27-13-12-26(36-3)19-28(27)37-4/h5-13,18-19,29H,14-17,20-21H2,1-4H3,(H,31,34)/t29-/m1/s1. The SMILES string of the molecule is COc1cccc([C@@H](CN2CCN(C(=O)Nc3ccc(OC)cc3OC)CC2)OCc2ccc(C)cc2)c1. The second-order valence-electron chi connectivity index (χ2n) is 9.35. The highest BCUT2D eigenvalue weighted by atomic mass is 16.5. The molecule has 3 aromatic carbocycles. The summed E-state index contributed by atoms with van der Waals surface area (Å²) in [7, 11) is 4.84. The van der Waals surface area contributed by atoms with E-state index in [1.807, 2.05) is 23.1 Å². The molecule has 1 atom stereocenters. The lowest BCUT2D eigenvalue weighted by atomic mass is 10.1. The Morgan fingerprint density at radius 1 is 0.868 bits per heavy atom. The van der Waals surface area contributed by atoms with Gasteiger partial charge in [-0.3, -0.25) is 4.90 Å². The smallest absolute Gasteiger partial charge is 0.322 e. The molecule has 0 aromatic heterocycles. The molecule has 0 bridgehead atoms. The number of hydrogen-bond donors (Lipinski definition) is 1. The number of ether oxygens (including phenoxy) is 4. The minimum absolute atomic E-state index is 0.129. The predicted octanol–water partition coefficient (Wildman–Crippen LogP) is 5.13. The van der Waals surface area contributed by atoms with Crippen LogP contribution in [0, 0.1) is 6.92 Å². The molecule has 8 heteroatoms. The quantitative estimate of drug-likeness (QED) is 0.401. The van der Waals surface area contributed by atoms with Gasteiger partial charge in [0.05, 0.1) is 39.7 Å². The van der Waals surface area contributed by atoms with Crippen LogP contribution in [0.25, 0.3) is 0 Å². The molecule has 38 heavy (non-hydrogen) atoms. The van der Waals surface area contributed by atoms with Gasteiger partial charge in [0.15, 0.2) is 0 Å². The number of hydrogen-bond acceptors (Lipinski definition) is 6. The Hall–Kier alpha value is -3.75. The first-order valence-electron chi connectivity index (χ1n) is 12.8. The summed E-state index contributed by atoms with van der Waals surface area (Å²) >= 11 is 0. The summed E-state index contributed by atoms with van der Waals surface area (Å²) in [6, 6.07) is 21.6. The summed E-state index contributed by atoms with van der Waals surface area (Å²) < 4.78 is 22.5. The average Bonchev–Trinajstić information content (AvgIpc) is 2.96. The Balaban J connectivity index is 1.37. The molecule has 0 aliphatic carbocycles. The molecule has 0 saturated carbocycles. The van der Waals surface area contributed by atoms with Crippen molar-refractivity contribution in [2.75, 3.05) is 59.4 Å². The summed E-state index contributed by atoms with van der Waals surface area (Å²) in [4.78, 5) is 17.1. The van der Waals surface area contributed by atoms with Crippen LogP contribution in [0.4, 0.5) is 10.5 Å². The van der Waals surface area contributed by atoms with E-state index in [0.717, 1.165) is 36.5 Å². The largest absolute Gasteiger partial charge is 0.497 e. The third-order valence-corrected chi connectivity index (χ3v) is 6.77. The first kappa shape index (κ1) is 27.3. The zero-order chi connectivity index (χ0) is 26.9. The van der Waals surface area contributed by atoms with E-state index in [1.54, 1.807) is 39.5 Å². The molecule has 202 valence electrons. The number of rotatable bonds is 10. The van der Waals surface area contributed by atoms with Gasteiger partial charge in [-0.2, -0.15) is 0 Å². The molecule has 1 aliphatic rings. The molecule has 1 N–H and O–H groups in total. The normalized spacial score (nSPS) is 14.6. The van der Waals surface area contributed by atoms with Crippen molar-refractivity contribution in [3.05, 3.63) is 83.4 Å². The zero-order valence-electron chi connectivity index (χ0n) is 22.6. The van der Waals surface area contributed by atoms with Crippen LogP contribution in [-0.2, 0) is 11.3 Å². The second-order valence-corrected chi connectivity index (χ2v) is 9.35. The molecule has 1 heterocycles. The molecule has 4 rings (SSSR count). The van der Waals surface area contributed by atoms with Gasteiger partial charge < -0.3 is 29.2 Å². The lowest BCUT2D eigenvalue weighted by Crippen LogP contribution is -2.50. The molecule has 1 fully saturated rings. The number of nitrogens with zero attached hydrogens (tertiary/aromatic N) is 2. The molecule has 1 saturated heterocycles. The summed E-state index contributed by atoms with van der Waals surface area (Å²) in [5.41, 5.74) is 4.05. The maximum atomic E-state index is 13.0. The molecule has 3 aromatic rings. The van der Waals surface area contributed by atoms with E-state index in [0.29, 0.717) is 36.9 Å². The van der Waals surface area contributed by atoms with E-state index in [2.05, 4.69) is 47.5 Å². The number of amides is 2. The van der Waals surface area contributed by atoms with E-state index in [9.17, 15) is 4.79 Å². The van der Waals surface area contributed by atoms with Crippen molar-refractivity contribution in [1.29, 1.82) is 0 Å². The van der Waals surface area contributed by atoms with E-state index < -0.39 is 0 Å². The lowest BCUT2D eigenvalue weighted by molar-refractivity contribution is 0.00584. The van der Waals surface area contributed by atoms with Crippen LogP contribution in [0.1, 0.15) is 22.8 Å². The maximum Gasteiger partial charge on any atom is 0.322 e. The van der Waals surface area contributed by atoms with Crippen molar-refractivity contribution in [2.24, 2.45) is 0 Å². The monoisotopic (exact) mass is 519 g/mol. The van der Waals surface area contributed by atoms with Gasteiger partial charge in [-0.05, 0) is 42.3 Å². The second kappa shape index (κ2) is 13.2. The fourth-order valence-corrected chi connectivity index (χ4v) is 4.44. The number of nitrogens with one attached hydrogen (secondary N) is 1. The first-order chi connectivity index (χ1) is 18.5. The lowest BCUT2D eigenvalue weighted by Gasteiger charge is -2.36. The van der Waals surface area contributed by atoms with Crippen LogP contribution in [0.3, 0.4) is 0 Å². The highest BCUT2D eigenvalue weighted by Gasteiger charge is 2.25. The van der Waals surface area contributed by atoms with Crippen LogP contribution in [0.5, 0.6) is 17.2 Å². The molecule has 1 aliphatic heterocycles. The average molecular weight is 520 g/mol. The highest BCUT2D eigenvalue weighted by Crippen LogP contribution is 2.29. The van der Waals surface area contributed by atoms with Gasteiger partial charge in [0.1, 0.15) is 17.2 Å². The summed E-state index contributed by atoms with van der Waals surface area (Å²) in [6.45, 7) is 6.06. The predicted molar refractivity (Wildman–Crippen MR) is 148 cm³/mol. The van der Waals surface area contributed by atoms with Gasteiger partial charge in [-0.15, -0.1) is 0 Å².